The average Bonchev–Trinajstić information content (AvgIpc) is 3.50. The summed E-state index contributed by atoms with van der Waals surface area (Å²) in [5, 5.41) is 11.2. The fraction of sp³-hybridized carbons (Fsp3) is 0.258. The zero-order valence-electron chi connectivity index (χ0n) is 23.7. The number of hydrogen-bond acceptors (Lipinski definition) is 6. The van der Waals surface area contributed by atoms with Crippen LogP contribution in [0.25, 0.3) is 11.4 Å². The molecule has 0 atom stereocenters. The second-order valence-electron chi connectivity index (χ2n) is 10.2. The standard InChI is InChI=1S/C31H33F2N7O3/c1-20-3-5-24(32)26(15-20)39-31(42)38-22-4-6-29(25(33)17-22)43-23-7-9-35-28(18-23)27-16-21(19-37-27)30(41)36-8-2-12-40-13-10-34-11-14-40/h3-7,9,15-19,34,37H,2,8,10-14H2,1H3,(H,36,41)(H2,38,39,42). The van der Waals surface area contributed by atoms with Gasteiger partial charge in [0.2, 0.25) is 0 Å². The number of nitrogens with one attached hydrogen (secondary N) is 5. The van der Waals surface area contributed by atoms with Gasteiger partial charge >= 0.3 is 6.03 Å². The van der Waals surface area contributed by atoms with Gasteiger partial charge in [0.05, 0.1) is 22.6 Å². The minimum atomic E-state index is -0.717. The molecule has 12 heteroatoms. The second kappa shape index (κ2) is 13.9. The van der Waals surface area contributed by atoms with Gasteiger partial charge in [0.25, 0.3) is 5.91 Å². The molecular formula is C31H33F2N7O3. The maximum Gasteiger partial charge on any atom is 0.323 e. The molecule has 224 valence electrons. The Balaban J connectivity index is 1.15. The van der Waals surface area contributed by atoms with Crippen LogP contribution in [0.2, 0.25) is 0 Å². The number of H-pyrrole nitrogens is 1. The number of aryl methyl sites for hydroxylation is 1. The van der Waals surface area contributed by atoms with Crippen molar-refractivity contribution in [2.24, 2.45) is 0 Å². The molecule has 4 aromatic rings. The number of piperazine rings is 1. The highest BCUT2D eigenvalue weighted by atomic mass is 19.1. The first-order valence-electron chi connectivity index (χ1n) is 14.0. The molecule has 0 saturated carbocycles. The molecule has 5 rings (SSSR count). The number of carbonyl (C=O) groups is 2. The molecule has 0 spiro atoms. The third-order valence-corrected chi connectivity index (χ3v) is 6.89. The number of benzene rings is 2. The number of amides is 3. The van der Waals surface area contributed by atoms with E-state index in [2.05, 4.69) is 36.1 Å². The summed E-state index contributed by atoms with van der Waals surface area (Å²) in [4.78, 5) is 34.7. The highest BCUT2D eigenvalue weighted by molar-refractivity contribution is 6.00. The number of ether oxygens (including phenoxy) is 1. The van der Waals surface area contributed by atoms with Crippen molar-refractivity contribution in [3.05, 3.63) is 89.8 Å². The molecule has 2 aromatic heterocycles. The van der Waals surface area contributed by atoms with Crippen molar-refractivity contribution in [1.29, 1.82) is 0 Å². The van der Waals surface area contributed by atoms with E-state index in [1.807, 2.05) is 0 Å². The molecule has 1 saturated heterocycles. The van der Waals surface area contributed by atoms with Crippen molar-refractivity contribution in [3.63, 3.8) is 0 Å². The van der Waals surface area contributed by atoms with Crippen LogP contribution in [0, 0.1) is 18.6 Å². The molecule has 43 heavy (non-hydrogen) atoms. The summed E-state index contributed by atoms with van der Waals surface area (Å²) in [6.07, 6.45) is 4.01. The van der Waals surface area contributed by atoms with Gasteiger partial charge in [-0.3, -0.25) is 9.78 Å². The van der Waals surface area contributed by atoms with Crippen LogP contribution in [-0.2, 0) is 0 Å². The molecular weight excluding hydrogens is 556 g/mol. The zero-order chi connectivity index (χ0) is 30.2. The van der Waals surface area contributed by atoms with Crippen molar-refractivity contribution in [2.75, 3.05) is 49.9 Å². The van der Waals surface area contributed by atoms with Gasteiger partial charge in [-0.05, 0) is 61.9 Å². The minimum Gasteiger partial charge on any atom is -0.454 e. The molecule has 1 fully saturated rings. The molecule has 1 aliphatic heterocycles. The number of nitrogens with zero attached hydrogens (tertiary/aromatic N) is 2. The monoisotopic (exact) mass is 589 g/mol. The number of pyridine rings is 1. The molecule has 0 unspecified atom stereocenters. The summed E-state index contributed by atoms with van der Waals surface area (Å²) in [6, 6.07) is 12.5. The smallest absolute Gasteiger partial charge is 0.323 e. The molecule has 0 bridgehead atoms. The summed E-state index contributed by atoms with van der Waals surface area (Å²) in [5.41, 5.74) is 2.54. The van der Waals surface area contributed by atoms with Crippen LogP contribution in [0.15, 0.2) is 67.0 Å². The maximum atomic E-state index is 14.9. The van der Waals surface area contributed by atoms with Crippen LogP contribution >= 0.6 is 0 Å². The maximum absolute atomic E-state index is 14.9. The summed E-state index contributed by atoms with van der Waals surface area (Å²) in [6.45, 7) is 7.35. The predicted molar refractivity (Wildman–Crippen MR) is 161 cm³/mol. The lowest BCUT2D eigenvalue weighted by atomic mass is 10.2. The number of aromatic nitrogens is 2. The fourth-order valence-electron chi connectivity index (χ4n) is 4.64. The Morgan fingerprint density at radius 1 is 1.00 bits per heavy atom. The Morgan fingerprint density at radius 2 is 1.84 bits per heavy atom. The van der Waals surface area contributed by atoms with Crippen LogP contribution < -0.4 is 26.0 Å². The van der Waals surface area contributed by atoms with Gasteiger partial charge in [0.1, 0.15) is 11.6 Å². The van der Waals surface area contributed by atoms with E-state index in [4.69, 9.17) is 4.74 Å². The van der Waals surface area contributed by atoms with Crippen LogP contribution in [0.4, 0.5) is 25.0 Å². The van der Waals surface area contributed by atoms with Crippen molar-refractivity contribution < 1.29 is 23.1 Å². The van der Waals surface area contributed by atoms with Crippen molar-refractivity contribution in [3.8, 4) is 22.9 Å². The topological polar surface area (TPSA) is 123 Å². The lowest BCUT2D eigenvalue weighted by molar-refractivity contribution is 0.0951. The Kier molecular flexibility index (Phi) is 9.59. The van der Waals surface area contributed by atoms with Crippen LogP contribution in [0.1, 0.15) is 22.3 Å². The third kappa shape index (κ3) is 8.15. The van der Waals surface area contributed by atoms with Crippen molar-refractivity contribution in [1.82, 2.24) is 25.5 Å². The highest BCUT2D eigenvalue weighted by Gasteiger charge is 2.14. The van der Waals surface area contributed by atoms with Gasteiger partial charge in [-0.1, -0.05) is 6.07 Å². The lowest BCUT2D eigenvalue weighted by Crippen LogP contribution is -2.44. The van der Waals surface area contributed by atoms with E-state index in [0.717, 1.165) is 50.8 Å². The summed E-state index contributed by atoms with van der Waals surface area (Å²) < 4.78 is 34.5. The molecule has 0 aliphatic carbocycles. The normalized spacial score (nSPS) is 13.4. The van der Waals surface area contributed by atoms with E-state index in [1.54, 1.807) is 37.4 Å². The summed E-state index contributed by atoms with van der Waals surface area (Å²) >= 11 is 0. The number of anilines is 2. The van der Waals surface area contributed by atoms with Gasteiger partial charge in [0, 0.05) is 62.9 Å². The number of hydrogen-bond donors (Lipinski definition) is 5. The summed E-state index contributed by atoms with van der Waals surface area (Å²) in [7, 11) is 0. The minimum absolute atomic E-state index is 0.0163. The molecule has 0 radical (unpaired) electrons. The first kappa shape index (κ1) is 29.7. The highest BCUT2D eigenvalue weighted by Crippen LogP contribution is 2.29. The Hall–Kier alpha value is -4.81. The molecule has 1 aliphatic rings. The molecule has 3 heterocycles. The van der Waals surface area contributed by atoms with Crippen LogP contribution in [-0.4, -0.2) is 66.1 Å². The largest absolute Gasteiger partial charge is 0.454 e. The number of rotatable bonds is 10. The van der Waals surface area contributed by atoms with Gasteiger partial charge in [-0.2, -0.15) is 0 Å². The van der Waals surface area contributed by atoms with E-state index >= 15 is 0 Å². The van der Waals surface area contributed by atoms with E-state index in [9.17, 15) is 18.4 Å². The molecule has 10 nitrogen and oxygen atoms in total. The van der Waals surface area contributed by atoms with Gasteiger partial charge in [0.15, 0.2) is 11.6 Å². The summed E-state index contributed by atoms with van der Waals surface area (Å²) in [5.74, 6) is -1.22. The SMILES string of the molecule is Cc1ccc(F)c(NC(=O)Nc2ccc(Oc3ccnc(-c4cc(C(=O)NCCCN5CCNCC5)c[nH]4)c3)c(F)c2)c1. The van der Waals surface area contributed by atoms with Crippen LogP contribution in [0.3, 0.4) is 0 Å². The van der Waals surface area contributed by atoms with E-state index in [0.29, 0.717) is 29.2 Å². The Labute approximate surface area is 247 Å². The van der Waals surface area contributed by atoms with E-state index in [-0.39, 0.29) is 23.0 Å². The van der Waals surface area contributed by atoms with Gasteiger partial charge < -0.3 is 35.9 Å². The number of urea groups is 1. The van der Waals surface area contributed by atoms with E-state index < -0.39 is 17.7 Å². The van der Waals surface area contributed by atoms with Gasteiger partial charge in [-0.25, -0.2) is 13.6 Å². The van der Waals surface area contributed by atoms with Crippen molar-refractivity contribution >= 4 is 23.3 Å². The molecule has 3 amide bonds. The first-order chi connectivity index (χ1) is 20.8. The number of carbonyl (C=O) groups excluding carboxylic acids is 2. The Morgan fingerprint density at radius 3 is 2.65 bits per heavy atom. The van der Waals surface area contributed by atoms with Crippen LogP contribution in [0.5, 0.6) is 11.5 Å². The molecule has 5 N–H and O–H groups in total. The van der Waals surface area contributed by atoms with Crippen molar-refractivity contribution in [2.45, 2.75) is 13.3 Å². The Bertz CT molecular complexity index is 1590. The van der Waals surface area contributed by atoms with Gasteiger partial charge in [-0.15, -0.1) is 0 Å². The second-order valence-corrected chi connectivity index (χ2v) is 10.2. The number of aromatic amines is 1. The molecule has 2 aromatic carbocycles. The van der Waals surface area contributed by atoms with E-state index in [1.165, 1.54) is 30.5 Å². The predicted octanol–water partition coefficient (Wildman–Crippen LogP) is 5.12. The fourth-order valence-corrected chi connectivity index (χ4v) is 4.64. The number of halogens is 2. The average molecular weight is 590 g/mol. The quantitative estimate of drug-likeness (QED) is 0.164. The lowest BCUT2D eigenvalue weighted by Gasteiger charge is -2.27. The first-order valence-corrected chi connectivity index (χ1v) is 14.0. The third-order valence-electron chi connectivity index (χ3n) is 6.89. The zero-order valence-corrected chi connectivity index (χ0v) is 23.7.